The number of anilines is 2. The summed E-state index contributed by atoms with van der Waals surface area (Å²) in [6.45, 7) is 10.9. The zero-order chi connectivity index (χ0) is 29.8. The van der Waals surface area contributed by atoms with E-state index in [2.05, 4.69) is 40.0 Å². The normalized spacial score (nSPS) is 12.2. The van der Waals surface area contributed by atoms with Crippen LogP contribution in [0.1, 0.15) is 40.2 Å². The van der Waals surface area contributed by atoms with Crippen LogP contribution in [0, 0.1) is 5.82 Å². The number of likely N-dealkylation sites (N-methyl/N-ethyl adjacent to an activating group) is 1. The molecule has 41 heavy (non-hydrogen) atoms. The second kappa shape index (κ2) is 12.9. The van der Waals surface area contributed by atoms with Crippen LogP contribution in [-0.2, 0) is 7.05 Å². The highest BCUT2D eigenvalue weighted by Gasteiger charge is 2.23. The van der Waals surface area contributed by atoms with E-state index in [1.165, 1.54) is 38.9 Å². The monoisotopic (exact) mass is 627 g/mol. The Bertz CT molecular complexity index is 1740. The van der Waals surface area contributed by atoms with E-state index in [0.717, 1.165) is 19.6 Å². The number of pyridine rings is 1. The molecule has 0 spiro atoms. The fourth-order valence-electron chi connectivity index (χ4n) is 4.75. The van der Waals surface area contributed by atoms with Crippen LogP contribution in [0.3, 0.4) is 0 Å². The number of rotatable bonds is 11. The van der Waals surface area contributed by atoms with Crippen LogP contribution < -0.4 is 26.9 Å². The van der Waals surface area contributed by atoms with Crippen molar-refractivity contribution in [2.24, 2.45) is 7.05 Å². The van der Waals surface area contributed by atoms with Crippen molar-refractivity contribution in [3.8, 4) is 11.4 Å². The number of benzene rings is 2. The van der Waals surface area contributed by atoms with Gasteiger partial charge < -0.3 is 15.0 Å². The lowest BCUT2D eigenvalue weighted by atomic mass is 10.2. The number of fused-ring (bicyclic) bond motifs is 1. The molecule has 0 aliphatic rings. The van der Waals surface area contributed by atoms with Gasteiger partial charge in [-0.1, -0.05) is 42.8 Å². The van der Waals surface area contributed by atoms with E-state index in [0.29, 0.717) is 28.9 Å². The number of hydrogen-bond donors (Lipinski definition) is 1. The van der Waals surface area contributed by atoms with Crippen molar-refractivity contribution in [2.45, 2.75) is 40.2 Å². The topological polar surface area (TPSA) is 90.5 Å². The van der Waals surface area contributed by atoms with Gasteiger partial charge in [-0.15, -0.1) is 0 Å². The Labute approximate surface area is 245 Å². The number of nitrogens with one attached hydrogen (secondary N) is 1. The fraction of sp³-hybridized carbons (Fsp3) is 0.367. The van der Waals surface area contributed by atoms with Crippen molar-refractivity contribution in [3.05, 3.63) is 90.0 Å². The van der Waals surface area contributed by atoms with Gasteiger partial charge in [-0.05, 0) is 56.8 Å². The van der Waals surface area contributed by atoms with E-state index in [4.69, 9.17) is 4.74 Å². The first-order valence-electron chi connectivity index (χ1n) is 13.7. The SMILES string of the molecule is CCC(C)n1c(=O)c2c(Nc3ccc(Br)cc3F)cc(=O)n(C)c2n(-c2cccc(OCCN(CC)CC)c2)c1=O. The molecule has 4 rings (SSSR count). The molecule has 0 aliphatic carbocycles. The average Bonchev–Trinajstić information content (AvgIpc) is 2.95. The zero-order valence-corrected chi connectivity index (χ0v) is 25.5. The molecule has 218 valence electrons. The zero-order valence-electron chi connectivity index (χ0n) is 23.9. The van der Waals surface area contributed by atoms with Gasteiger partial charge in [-0.25, -0.2) is 13.8 Å². The minimum atomic E-state index is -0.584. The molecule has 0 aliphatic heterocycles. The highest BCUT2D eigenvalue weighted by atomic mass is 79.9. The number of aryl methyl sites for hydroxylation is 1. The highest BCUT2D eigenvalue weighted by Crippen LogP contribution is 2.27. The number of hydrogen-bond acceptors (Lipinski definition) is 6. The van der Waals surface area contributed by atoms with E-state index in [1.807, 2.05) is 6.92 Å². The molecule has 1 unspecified atom stereocenters. The predicted octanol–water partition coefficient (Wildman–Crippen LogP) is 5.19. The van der Waals surface area contributed by atoms with E-state index in [-0.39, 0.29) is 22.4 Å². The Morgan fingerprint density at radius 3 is 2.41 bits per heavy atom. The van der Waals surface area contributed by atoms with Gasteiger partial charge in [0.1, 0.15) is 29.2 Å². The minimum Gasteiger partial charge on any atom is -0.492 e. The number of nitrogens with zero attached hydrogens (tertiary/aromatic N) is 4. The van der Waals surface area contributed by atoms with Crippen LogP contribution in [0.25, 0.3) is 16.7 Å². The van der Waals surface area contributed by atoms with E-state index < -0.39 is 28.7 Å². The standard InChI is InChI=1S/C30H35BrFN5O4/c1-6-19(4)36-29(39)27-25(33-24-13-12-20(31)16-23(24)32)18-26(38)34(5)28(27)37(30(36)40)21-10-9-11-22(17-21)41-15-14-35(7-2)8-3/h9-13,16-19,33H,6-8,14-15H2,1-5H3. The molecule has 1 N–H and O–H groups in total. The molecule has 0 amide bonds. The third kappa shape index (κ3) is 6.15. The van der Waals surface area contributed by atoms with Crippen LogP contribution in [0.4, 0.5) is 15.8 Å². The lowest BCUT2D eigenvalue weighted by molar-refractivity contribution is 0.223. The molecule has 2 aromatic heterocycles. The van der Waals surface area contributed by atoms with Crippen molar-refractivity contribution >= 4 is 38.3 Å². The van der Waals surface area contributed by atoms with Crippen molar-refractivity contribution in [1.82, 2.24) is 18.6 Å². The number of ether oxygens (including phenoxy) is 1. The average molecular weight is 629 g/mol. The van der Waals surface area contributed by atoms with Crippen molar-refractivity contribution in [1.29, 1.82) is 0 Å². The smallest absolute Gasteiger partial charge is 0.337 e. The summed E-state index contributed by atoms with van der Waals surface area (Å²) in [6, 6.07) is 12.2. The third-order valence-electron chi connectivity index (χ3n) is 7.33. The van der Waals surface area contributed by atoms with E-state index >= 15 is 0 Å². The maximum atomic E-state index is 14.8. The van der Waals surface area contributed by atoms with Gasteiger partial charge in [0.25, 0.3) is 11.1 Å². The van der Waals surface area contributed by atoms with E-state index in [9.17, 15) is 18.8 Å². The molecule has 1 atom stereocenters. The van der Waals surface area contributed by atoms with Crippen molar-refractivity contribution < 1.29 is 9.13 Å². The third-order valence-corrected chi connectivity index (χ3v) is 7.82. The predicted molar refractivity (Wildman–Crippen MR) is 165 cm³/mol. The van der Waals surface area contributed by atoms with Gasteiger partial charge in [-0.3, -0.25) is 18.7 Å². The molecular weight excluding hydrogens is 593 g/mol. The van der Waals surface area contributed by atoms with Crippen LogP contribution in [0.5, 0.6) is 5.75 Å². The summed E-state index contributed by atoms with van der Waals surface area (Å²) in [6.07, 6.45) is 0.519. The van der Waals surface area contributed by atoms with Gasteiger partial charge in [0.05, 0.1) is 17.1 Å². The molecule has 0 fully saturated rings. The Morgan fingerprint density at radius 1 is 1.02 bits per heavy atom. The molecule has 0 bridgehead atoms. The minimum absolute atomic E-state index is 0.0820. The summed E-state index contributed by atoms with van der Waals surface area (Å²) < 4.78 is 25.1. The summed E-state index contributed by atoms with van der Waals surface area (Å²) in [7, 11) is 1.50. The maximum Gasteiger partial charge on any atom is 0.337 e. The first-order valence-corrected chi connectivity index (χ1v) is 14.5. The quantitative estimate of drug-likeness (QED) is 0.246. The van der Waals surface area contributed by atoms with Gasteiger partial charge in [0.15, 0.2) is 0 Å². The Morgan fingerprint density at radius 2 is 1.76 bits per heavy atom. The molecule has 11 heteroatoms. The van der Waals surface area contributed by atoms with Gasteiger partial charge in [0, 0.05) is 36.2 Å². The van der Waals surface area contributed by atoms with Crippen LogP contribution in [0.15, 0.2) is 67.4 Å². The molecule has 9 nitrogen and oxygen atoms in total. The molecule has 4 aromatic rings. The molecule has 2 aromatic carbocycles. The Balaban J connectivity index is 1.97. The second-order valence-electron chi connectivity index (χ2n) is 9.83. The lowest BCUT2D eigenvalue weighted by Crippen LogP contribution is -2.43. The largest absolute Gasteiger partial charge is 0.492 e. The lowest BCUT2D eigenvalue weighted by Gasteiger charge is -2.21. The summed E-state index contributed by atoms with van der Waals surface area (Å²) in [5.41, 5.74) is -0.924. The Kier molecular flexibility index (Phi) is 9.49. The molecule has 2 heterocycles. The molecule has 0 radical (unpaired) electrons. The van der Waals surface area contributed by atoms with Crippen molar-refractivity contribution in [3.63, 3.8) is 0 Å². The number of halogens is 2. The fourth-order valence-corrected chi connectivity index (χ4v) is 5.08. The highest BCUT2D eigenvalue weighted by molar-refractivity contribution is 9.10. The van der Waals surface area contributed by atoms with E-state index in [1.54, 1.807) is 37.3 Å². The molecule has 0 saturated carbocycles. The summed E-state index contributed by atoms with van der Waals surface area (Å²) in [5, 5.41) is 3.01. The van der Waals surface area contributed by atoms with Gasteiger partial charge in [0.2, 0.25) is 0 Å². The first-order chi connectivity index (χ1) is 19.6. The van der Waals surface area contributed by atoms with Crippen molar-refractivity contribution in [2.75, 3.05) is 31.6 Å². The molecule has 0 saturated heterocycles. The molecular formula is C30H35BrFN5O4. The first kappa shape index (κ1) is 30.3. The van der Waals surface area contributed by atoms with Gasteiger partial charge >= 0.3 is 5.69 Å². The maximum absolute atomic E-state index is 14.8. The van der Waals surface area contributed by atoms with Gasteiger partial charge in [-0.2, -0.15) is 0 Å². The summed E-state index contributed by atoms with van der Waals surface area (Å²) >= 11 is 3.24. The second-order valence-corrected chi connectivity index (χ2v) is 10.7. The number of aromatic nitrogens is 3. The van der Waals surface area contributed by atoms with Crippen LogP contribution in [-0.4, -0.2) is 44.8 Å². The van der Waals surface area contributed by atoms with Crippen LogP contribution >= 0.6 is 15.9 Å². The van der Waals surface area contributed by atoms with Crippen LogP contribution in [0.2, 0.25) is 0 Å². The Hall–Kier alpha value is -3.70. The summed E-state index contributed by atoms with van der Waals surface area (Å²) in [5.74, 6) is -0.0226. The summed E-state index contributed by atoms with van der Waals surface area (Å²) in [4.78, 5) is 43.3.